The summed E-state index contributed by atoms with van der Waals surface area (Å²) in [6.07, 6.45) is 0. The van der Waals surface area contributed by atoms with Gasteiger partial charge in [0.15, 0.2) is 5.76 Å². The molecular weight excluding hydrogens is 435 g/mol. The third-order valence-electron chi connectivity index (χ3n) is 5.00. The van der Waals surface area contributed by atoms with E-state index in [1.807, 2.05) is 38.1 Å². The fourth-order valence-electron chi connectivity index (χ4n) is 3.21. The van der Waals surface area contributed by atoms with Crippen molar-refractivity contribution < 1.29 is 13.9 Å². The summed E-state index contributed by atoms with van der Waals surface area (Å²) in [5.74, 6) is 1.05. The number of para-hydroxylation sites is 1. The molecule has 0 aliphatic carbocycles. The van der Waals surface area contributed by atoms with Gasteiger partial charge in [0, 0.05) is 10.6 Å². The highest BCUT2D eigenvalue weighted by Gasteiger charge is 2.18. The van der Waals surface area contributed by atoms with Crippen molar-refractivity contribution in [1.29, 1.82) is 0 Å². The van der Waals surface area contributed by atoms with Crippen molar-refractivity contribution in [1.82, 2.24) is 0 Å². The lowest BCUT2D eigenvalue weighted by atomic mass is 10.0. The van der Waals surface area contributed by atoms with Gasteiger partial charge in [-0.2, -0.15) is 0 Å². The van der Waals surface area contributed by atoms with Crippen LogP contribution in [0.5, 0.6) is 11.5 Å². The van der Waals surface area contributed by atoms with Crippen molar-refractivity contribution in [3.63, 3.8) is 0 Å². The van der Waals surface area contributed by atoms with Crippen LogP contribution in [0.3, 0.4) is 0 Å². The van der Waals surface area contributed by atoms with E-state index in [0.29, 0.717) is 38.1 Å². The van der Waals surface area contributed by atoms with Crippen LogP contribution in [0.25, 0.3) is 22.3 Å². The summed E-state index contributed by atoms with van der Waals surface area (Å²) in [6.45, 7) is 4.30. The predicted octanol–water partition coefficient (Wildman–Crippen LogP) is 6.84. The van der Waals surface area contributed by atoms with Gasteiger partial charge >= 0.3 is 0 Å². The molecule has 3 aromatic carbocycles. The molecule has 0 aliphatic heterocycles. The largest absolute Gasteiger partial charge is 0.488 e. The van der Waals surface area contributed by atoms with Gasteiger partial charge in [0.25, 0.3) is 0 Å². The van der Waals surface area contributed by atoms with E-state index in [1.165, 1.54) is 0 Å². The second-order valence-electron chi connectivity index (χ2n) is 7.16. The molecule has 1 heterocycles. The first kappa shape index (κ1) is 21.3. The van der Waals surface area contributed by atoms with E-state index < -0.39 is 0 Å². The van der Waals surface area contributed by atoms with Crippen molar-refractivity contribution in [3.8, 4) is 22.8 Å². The molecule has 0 amide bonds. The molecule has 4 rings (SSSR count). The molecule has 0 atom stereocenters. The molecule has 1 aromatic heterocycles. The highest BCUT2D eigenvalue weighted by molar-refractivity contribution is 6.32. The van der Waals surface area contributed by atoms with Crippen LogP contribution in [0.2, 0.25) is 10.0 Å². The Morgan fingerprint density at radius 3 is 2.29 bits per heavy atom. The molecule has 4 aromatic rings. The maximum absolute atomic E-state index is 13.3. The second-order valence-corrected chi connectivity index (χ2v) is 8.00. The lowest BCUT2D eigenvalue weighted by Gasteiger charge is -2.13. The first-order valence-electron chi connectivity index (χ1n) is 9.78. The predicted molar refractivity (Wildman–Crippen MR) is 125 cm³/mol. The van der Waals surface area contributed by atoms with Gasteiger partial charge < -0.3 is 13.9 Å². The zero-order chi connectivity index (χ0) is 22.0. The highest BCUT2D eigenvalue weighted by atomic mass is 35.5. The molecule has 0 fully saturated rings. The Kier molecular flexibility index (Phi) is 6.21. The van der Waals surface area contributed by atoms with Crippen LogP contribution in [0.15, 0.2) is 69.9 Å². The van der Waals surface area contributed by atoms with Gasteiger partial charge in [0.1, 0.15) is 24.5 Å². The van der Waals surface area contributed by atoms with E-state index >= 15 is 0 Å². The van der Waals surface area contributed by atoms with Crippen molar-refractivity contribution in [2.24, 2.45) is 0 Å². The summed E-state index contributed by atoms with van der Waals surface area (Å²) >= 11 is 12.1. The van der Waals surface area contributed by atoms with Gasteiger partial charge in [-0.1, -0.05) is 35.3 Å². The van der Waals surface area contributed by atoms with Crippen molar-refractivity contribution >= 4 is 34.2 Å². The molecule has 0 bridgehead atoms. The summed E-state index contributed by atoms with van der Waals surface area (Å²) in [6, 6.07) is 18.0. The maximum atomic E-state index is 13.3. The molecular formula is C25H20Cl2O4. The molecule has 31 heavy (non-hydrogen) atoms. The van der Waals surface area contributed by atoms with Crippen LogP contribution in [0.4, 0.5) is 0 Å². The Bertz CT molecular complexity index is 1290. The number of halogens is 2. The minimum absolute atomic E-state index is 0.140. The van der Waals surface area contributed by atoms with Crippen LogP contribution in [0, 0.1) is 13.8 Å². The lowest BCUT2D eigenvalue weighted by molar-refractivity contribution is 0.214. The summed E-state index contributed by atoms with van der Waals surface area (Å²) in [5.41, 5.74) is 3.03. The standard InChI is InChI=1S/C25H20Cl2O4/c1-15-13-19-22(14-16(15)2)31-24(17-7-9-18(26)10-8-17)25(23(19)28)30-12-11-29-21-6-4-3-5-20(21)27/h3-10,13-14H,11-12H2,1-2H3. The molecule has 6 heteroatoms. The van der Waals surface area contributed by atoms with Gasteiger partial charge in [-0.25, -0.2) is 0 Å². The minimum Gasteiger partial charge on any atom is -0.488 e. The third-order valence-corrected chi connectivity index (χ3v) is 5.56. The van der Waals surface area contributed by atoms with Crippen molar-refractivity contribution in [3.05, 3.63) is 92.1 Å². The molecule has 158 valence electrons. The van der Waals surface area contributed by atoms with E-state index in [-0.39, 0.29) is 24.4 Å². The van der Waals surface area contributed by atoms with Crippen molar-refractivity contribution in [2.45, 2.75) is 13.8 Å². The van der Waals surface area contributed by atoms with E-state index in [4.69, 9.17) is 37.1 Å². The Labute approximate surface area is 189 Å². The molecule has 0 radical (unpaired) electrons. The summed E-state index contributed by atoms with van der Waals surface area (Å²) < 4.78 is 17.7. The topological polar surface area (TPSA) is 48.7 Å². The van der Waals surface area contributed by atoms with Gasteiger partial charge in [0.05, 0.1) is 10.4 Å². The fourth-order valence-corrected chi connectivity index (χ4v) is 3.53. The average molecular weight is 455 g/mol. The van der Waals surface area contributed by atoms with E-state index in [1.54, 1.807) is 36.4 Å². The van der Waals surface area contributed by atoms with E-state index in [9.17, 15) is 4.79 Å². The Morgan fingerprint density at radius 2 is 1.55 bits per heavy atom. The summed E-state index contributed by atoms with van der Waals surface area (Å²) in [4.78, 5) is 13.3. The van der Waals surface area contributed by atoms with Gasteiger partial charge in [-0.15, -0.1) is 0 Å². The highest BCUT2D eigenvalue weighted by Crippen LogP contribution is 2.32. The number of aryl methyl sites for hydroxylation is 2. The minimum atomic E-state index is -0.230. The van der Waals surface area contributed by atoms with Crippen LogP contribution >= 0.6 is 23.2 Å². The first-order chi connectivity index (χ1) is 14.9. The maximum Gasteiger partial charge on any atom is 0.235 e. The van der Waals surface area contributed by atoms with Crippen LogP contribution in [0.1, 0.15) is 11.1 Å². The fraction of sp³-hybridized carbons (Fsp3) is 0.160. The lowest BCUT2D eigenvalue weighted by Crippen LogP contribution is -2.15. The Morgan fingerprint density at radius 1 is 0.871 bits per heavy atom. The number of ether oxygens (including phenoxy) is 2. The monoisotopic (exact) mass is 454 g/mol. The van der Waals surface area contributed by atoms with E-state index in [0.717, 1.165) is 11.1 Å². The normalized spacial score (nSPS) is 11.0. The second kappa shape index (κ2) is 9.04. The van der Waals surface area contributed by atoms with Crippen molar-refractivity contribution in [2.75, 3.05) is 13.2 Å². The molecule has 0 saturated carbocycles. The SMILES string of the molecule is Cc1cc2oc(-c3ccc(Cl)cc3)c(OCCOc3ccccc3Cl)c(=O)c2cc1C. The van der Waals surface area contributed by atoms with Crippen LogP contribution in [-0.4, -0.2) is 13.2 Å². The molecule has 0 spiro atoms. The number of benzene rings is 3. The van der Waals surface area contributed by atoms with Gasteiger partial charge in [-0.05, 0) is 73.5 Å². The zero-order valence-corrected chi connectivity index (χ0v) is 18.6. The first-order valence-corrected chi connectivity index (χ1v) is 10.5. The Hall–Kier alpha value is -2.95. The molecule has 0 N–H and O–H groups in total. The van der Waals surface area contributed by atoms with E-state index in [2.05, 4.69) is 0 Å². The number of hydrogen-bond donors (Lipinski definition) is 0. The molecule has 0 saturated heterocycles. The van der Waals surface area contributed by atoms with Gasteiger partial charge in [-0.3, -0.25) is 4.79 Å². The summed E-state index contributed by atoms with van der Waals surface area (Å²) in [7, 11) is 0. The number of fused-ring (bicyclic) bond motifs is 1. The Balaban J connectivity index is 1.69. The van der Waals surface area contributed by atoms with Crippen LogP contribution in [-0.2, 0) is 0 Å². The molecule has 4 nitrogen and oxygen atoms in total. The number of hydrogen-bond acceptors (Lipinski definition) is 4. The zero-order valence-electron chi connectivity index (χ0n) is 17.1. The quantitative estimate of drug-likeness (QED) is 0.299. The molecule has 0 aliphatic rings. The van der Waals surface area contributed by atoms with Crippen LogP contribution < -0.4 is 14.9 Å². The smallest absolute Gasteiger partial charge is 0.235 e. The molecule has 0 unspecified atom stereocenters. The number of rotatable bonds is 6. The average Bonchev–Trinajstić information content (AvgIpc) is 2.75. The summed E-state index contributed by atoms with van der Waals surface area (Å²) in [5, 5.41) is 1.58. The third kappa shape index (κ3) is 4.55. The van der Waals surface area contributed by atoms with Gasteiger partial charge in [0.2, 0.25) is 11.2 Å².